The molecule has 2 rings (SSSR count). The van der Waals surface area contributed by atoms with Crippen LogP contribution in [0.25, 0.3) is 0 Å². The SMILES string of the molecule is Cc1c(NC(C)c2ccc(O)cc2O)cccc1C(N)=O. The van der Waals surface area contributed by atoms with E-state index < -0.39 is 5.91 Å². The number of primary amides is 1. The van der Waals surface area contributed by atoms with Crippen LogP contribution in [0, 0.1) is 6.92 Å². The van der Waals surface area contributed by atoms with Gasteiger partial charge < -0.3 is 21.3 Å². The molecule has 5 heteroatoms. The van der Waals surface area contributed by atoms with Crippen molar-refractivity contribution in [3.05, 3.63) is 53.1 Å². The molecule has 1 atom stereocenters. The molecule has 110 valence electrons. The molecule has 0 heterocycles. The predicted molar refractivity (Wildman–Crippen MR) is 81.5 cm³/mol. The van der Waals surface area contributed by atoms with Crippen molar-refractivity contribution in [1.82, 2.24) is 0 Å². The second kappa shape index (κ2) is 5.75. The van der Waals surface area contributed by atoms with E-state index in [-0.39, 0.29) is 17.5 Å². The van der Waals surface area contributed by atoms with Gasteiger partial charge in [0.15, 0.2) is 0 Å². The van der Waals surface area contributed by atoms with Gasteiger partial charge in [-0.3, -0.25) is 4.79 Å². The summed E-state index contributed by atoms with van der Waals surface area (Å²) in [6.45, 7) is 3.69. The Hall–Kier alpha value is -2.69. The molecule has 0 aliphatic heterocycles. The molecule has 1 amide bonds. The van der Waals surface area contributed by atoms with E-state index in [1.165, 1.54) is 12.1 Å². The van der Waals surface area contributed by atoms with E-state index >= 15 is 0 Å². The molecule has 0 aliphatic rings. The summed E-state index contributed by atoms with van der Waals surface area (Å²) in [5, 5.41) is 22.4. The molecule has 0 radical (unpaired) electrons. The minimum Gasteiger partial charge on any atom is -0.508 e. The first-order chi connectivity index (χ1) is 9.90. The van der Waals surface area contributed by atoms with E-state index in [0.29, 0.717) is 11.1 Å². The quantitative estimate of drug-likeness (QED) is 0.695. The Kier molecular flexibility index (Phi) is 4.03. The summed E-state index contributed by atoms with van der Waals surface area (Å²) in [5.41, 5.74) is 7.97. The van der Waals surface area contributed by atoms with Crippen LogP contribution in [0.5, 0.6) is 11.5 Å². The number of hydrogen-bond acceptors (Lipinski definition) is 4. The van der Waals surface area contributed by atoms with Gasteiger partial charge in [-0.2, -0.15) is 0 Å². The molecule has 0 aromatic heterocycles. The average molecular weight is 286 g/mol. The number of nitrogens with one attached hydrogen (secondary N) is 1. The van der Waals surface area contributed by atoms with Crippen LogP contribution in [0.2, 0.25) is 0 Å². The highest BCUT2D eigenvalue weighted by atomic mass is 16.3. The number of aromatic hydroxyl groups is 2. The van der Waals surface area contributed by atoms with Gasteiger partial charge in [0.2, 0.25) is 5.91 Å². The van der Waals surface area contributed by atoms with Crippen LogP contribution in [0.4, 0.5) is 5.69 Å². The normalized spacial score (nSPS) is 11.9. The Balaban J connectivity index is 2.29. The maximum Gasteiger partial charge on any atom is 0.249 e. The van der Waals surface area contributed by atoms with Crippen molar-refractivity contribution in [2.75, 3.05) is 5.32 Å². The maximum absolute atomic E-state index is 11.3. The first-order valence-electron chi connectivity index (χ1n) is 6.58. The first-order valence-corrected chi connectivity index (χ1v) is 6.58. The predicted octanol–water partition coefficient (Wildman–Crippen LogP) is 2.68. The number of amides is 1. The van der Waals surface area contributed by atoms with Crippen molar-refractivity contribution >= 4 is 11.6 Å². The van der Waals surface area contributed by atoms with Crippen LogP contribution in [-0.2, 0) is 0 Å². The smallest absolute Gasteiger partial charge is 0.249 e. The molecule has 0 aliphatic carbocycles. The van der Waals surface area contributed by atoms with Crippen LogP contribution in [0.3, 0.4) is 0 Å². The van der Waals surface area contributed by atoms with Crippen molar-refractivity contribution in [3.8, 4) is 11.5 Å². The van der Waals surface area contributed by atoms with Crippen LogP contribution in [0.1, 0.15) is 34.5 Å². The number of carbonyl (C=O) groups excluding carboxylic acids is 1. The Bertz CT molecular complexity index is 683. The minimum absolute atomic E-state index is 0.00959. The van der Waals surface area contributed by atoms with Gasteiger partial charge in [-0.15, -0.1) is 0 Å². The Morgan fingerprint density at radius 1 is 1.24 bits per heavy atom. The highest BCUT2D eigenvalue weighted by Crippen LogP contribution is 2.31. The van der Waals surface area contributed by atoms with Gasteiger partial charge in [0, 0.05) is 22.9 Å². The fourth-order valence-corrected chi connectivity index (χ4v) is 2.27. The largest absolute Gasteiger partial charge is 0.508 e. The number of anilines is 1. The molecule has 21 heavy (non-hydrogen) atoms. The van der Waals surface area contributed by atoms with Gasteiger partial charge in [0.1, 0.15) is 11.5 Å². The Morgan fingerprint density at radius 3 is 2.57 bits per heavy atom. The van der Waals surface area contributed by atoms with Gasteiger partial charge in [0.25, 0.3) is 0 Å². The van der Waals surface area contributed by atoms with E-state index in [1.54, 1.807) is 18.2 Å². The molecule has 0 saturated carbocycles. The monoisotopic (exact) mass is 286 g/mol. The molecule has 0 saturated heterocycles. The van der Waals surface area contributed by atoms with Crippen LogP contribution in [0.15, 0.2) is 36.4 Å². The van der Waals surface area contributed by atoms with Crippen LogP contribution < -0.4 is 11.1 Å². The van der Waals surface area contributed by atoms with E-state index in [0.717, 1.165) is 11.3 Å². The third-order valence-electron chi connectivity index (χ3n) is 3.45. The zero-order valence-corrected chi connectivity index (χ0v) is 11.9. The van der Waals surface area contributed by atoms with Gasteiger partial charge in [-0.1, -0.05) is 6.07 Å². The standard InChI is InChI=1S/C16H18N2O3/c1-9-12(16(17)21)4-3-5-14(9)18-10(2)13-7-6-11(19)8-15(13)20/h3-8,10,18-20H,1-2H3,(H2,17,21). The molecule has 1 unspecified atom stereocenters. The van der Waals surface area contributed by atoms with Gasteiger partial charge >= 0.3 is 0 Å². The Morgan fingerprint density at radius 2 is 1.95 bits per heavy atom. The second-order valence-electron chi connectivity index (χ2n) is 4.95. The molecule has 5 N–H and O–H groups in total. The van der Waals surface area contributed by atoms with Crippen molar-refractivity contribution in [2.24, 2.45) is 5.73 Å². The topological polar surface area (TPSA) is 95.6 Å². The summed E-state index contributed by atoms with van der Waals surface area (Å²) in [6, 6.07) is 9.52. The highest BCUT2D eigenvalue weighted by molar-refractivity contribution is 5.95. The van der Waals surface area contributed by atoms with Crippen molar-refractivity contribution < 1.29 is 15.0 Å². The number of phenols is 2. The number of phenolic OH excluding ortho intramolecular Hbond substituents is 2. The molecule has 0 fully saturated rings. The summed E-state index contributed by atoms with van der Waals surface area (Å²) in [5.74, 6) is -0.453. The van der Waals surface area contributed by atoms with Crippen LogP contribution >= 0.6 is 0 Å². The third-order valence-corrected chi connectivity index (χ3v) is 3.45. The number of hydrogen-bond donors (Lipinski definition) is 4. The fraction of sp³-hybridized carbons (Fsp3) is 0.188. The highest BCUT2D eigenvalue weighted by Gasteiger charge is 2.14. The van der Waals surface area contributed by atoms with Gasteiger partial charge in [-0.25, -0.2) is 0 Å². The lowest BCUT2D eigenvalue weighted by Gasteiger charge is -2.19. The van der Waals surface area contributed by atoms with E-state index in [9.17, 15) is 15.0 Å². The fourth-order valence-electron chi connectivity index (χ4n) is 2.27. The van der Waals surface area contributed by atoms with E-state index in [2.05, 4.69) is 5.32 Å². The zero-order chi connectivity index (χ0) is 15.6. The first kappa shape index (κ1) is 14.7. The molecule has 2 aromatic rings. The molecular weight excluding hydrogens is 268 g/mol. The van der Waals surface area contributed by atoms with Crippen molar-refractivity contribution in [3.63, 3.8) is 0 Å². The summed E-state index contributed by atoms with van der Waals surface area (Å²) in [7, 11) is 0. The van der Waals surface area contributed by atoms with Gasteiger partial charge in [0.05, 0.1) is 6.04 Å². The molecule has 2 aromatic carbocycles. The lowest BCUT2D eigenvalue weighted by atomic mass is 10.0. The summed E-state index contributed by atoms with van der Waals surface area (Å²) >= 11 is 0. The van der Waals surface area contributed by atoms with Crippen LogP contribution in [-0.4, -0.2) is 16.1 Å². The summed E-state index contributed by atoms with van der Waals surface area (Å²) < 4.78 is 0. The van der Waals surface area contributed by atoms with Crippen molar-refractivity contribution in [1.29, 1.82) is 0 Å². The molecular formula is C16H18N2O3. The summed E-state index contributed by atoms with van der Waals surface area (Å²) in [4.78, 5) is 11.3. The lowest BCUT2D eigenvalue weighted by Crippen LogP contribution is -2.15. The number of carbonyl (C=O) groups is 1. The lowest BCUT2D eigenvalue weighted by molar-refractivity contribution is 0.0999. The van der Waals surface area contributed by atoms with E-state index in [1.807, 2.05) is 19.9 Å². The molecule has 0 bridgehead atoms. The Labute approximate surface area is 123 Å². The maximum atomic E-state index is 11.3. The molecule has 0 spiro atoms. The third kappa shape index (κ3) is 3.08. The number of benzene rings is 2. The minimum atomic E-state index is -0.476. The number of nitrogens with two attached hydrogens (primary N) is 1. The van der Waals surface area contributed by atoms with Gasteiger partial charge in [-0.05, 0) is 43.7 Å². The number of rotatable bonds is 4. The molecule has 5 nitrogen and oxygen atoms in total. The zero-order valence-electron chi connectivity index (χ0n) is 11.9. The summed E-state index contributed by atoms with van der Waals surface area (Å²) in [6.07, 6.45) is 0. The van der Waals surface area contributed by atoms with Crippen molar-refractivity contribution in [2.45, 2.75) is 19.9 Å². The van der Waals surface area contributed by atoms with E-state index in [4.69, 9.17) is 5.73 Å². The second-order valence-corrected chi connectivity index (χ2v) is 4.95. The average Bonchev–Trinajstić information content (AvgIpc) is 2.40.